The molecule has 0 radical (unpaired) electrons. The molecule has 0 saturated carbocycles. The van der Waals surface area contributed by atoms with Gasteiger partial charge in [-0.3, -0.25) is 9.59 Å². The van der Waals surface area contributed by atoms with E-state index in [4.69, 9.17) is 0 Å². The molecule has 7 heteroatoms. The number of nitrogens with one attached hydrogen (secondary N) is 1. The van der Waals surface area contributed by atoms with E-state index in [2.05, 4.69) is 26.2 Å². The summed E-state index contributed by atoms with van der Waals surface area (Å²) in [5.41, 5.74) is 0.744. The lowest BCUT2D eigenvalue weighted by Gasteiger charge is -2.18. The molecule has 23 heavy (non-hydrogen) atoms. The summed E-state index contributed by atoms with van der Waals surface area (Å²) in [6.07, 6.45) is 1.60. The number of benzene rings is 1. The number of anilines is 2. The number of aromatic hydroxyl groups is 1. The quantitative estimate of drug-likeness (QED) is 0.863. The highest BCUT2D eigenvalue weighted by Crippen LogP contribution is 2.32. The number of para-hydroxylation sites is 1. The minimum Gasteiger partial charge on any atom is -0.504 e. The lowest BCUT2D eigenvalue weighted by Crippen LogP contribution is -2.28. The van der Waals surface area contributed by atoms with Crippen molar-refractivity contribution in [1.29, 1.82) is 0 Å². The van der Waals surface area contributed by atoms with Crippen LogP contribution in [0.3, 0.4) is 0 Å². The molecule has 1 saturated heterocycles. The summed E-state index contributed by atoms with van der Waals surface area (Å²) >= 11 is 3.42. The first-order valence-electron chi connectivity index (χ1n) is 7.06. The zero-order valence-electron chi connectivity index (χ0n) is 12.1. The van der Waals surface area contributed by atoms with Crippen LogP contribution in [-0.2, 0) is 9.59 Å². The fraction of sp³-hybridized carbons (Fsp3) is 0.188. The van der Waals surface area contributed by atoms with Crippen molar-refractivity contribution in [1.82, 2.24) is 4.98 Å². The van der Waals surface area contributed by atoms with E-state index in [0.717, 1.165) is 10.2 Å². The number of rotatable bonds is 3. The van der Waals surface area contributed by atoms with E-state index >= 15 is 0 Å². The molecule has 3 rings (SSSR count). The van der Waals surface area contributed by atoms with Gasteiger partial charge in [-0.1, -0.05) is 12.1 Å². The Bertz CT molecular complexity index is 766. The number of pyridine rings is 1. The van der Waals surface area contributed by atoms with Gasteiger partial charge in [-0.25, -0.2) is 4.98 Å². The molecule has 2 N–H and O–H groups in total. The van der Waals surface area contributed by atoms with Crippen LogP contribution in [0.25, 0.3) is 0 Å². The van der Waals surface area contributed by atoms with Crippen LogP contribution in [0.4, 0.5) is 11.5 Å². The van der Waals surface area contributed by atoms with Gasteiger partial charge in [-0.05, 0) is 40.2 Å². The third-order valence-corrected chi connectivity index (χ3v) is 4.34. The number of carbonyl (C=O) groups is 2. The number of halogens is 1. The third-order valence-electron chi connectivity index (χ3n) is 3.67. The Morgan fingerprint density at radius 2 is 2.09 bits per heavy atom. The van der Waals surface area contributed by atoms with E-state index in [1.54, 1.807) is 11.0 Å². The summed E-state index contributed by atoms with van der Waals surface area (Å²) in [5.74, 6) is -0.933. The fourth-order valence-corrected chi connectivity index (χ4v) is 3.00. The van der Waals surface area contributed by atoms with E-state index in [-0.39, 0.29) is 29.8 Å². The molecule has 6 nitrogen and oxygen atoms in total. The predicted molar refractivity (Wildman–Crippen MR) is 89.1 cm³/mol. The fourth-order valence-electron chi connectivity index (χ4n) is 2.50. The molecule has 0 unspecified atom stereocenters. The molecule has 2 heterocycles. The van der Waals surface area contributed by atoms with Crippen molar-refractivity contribution in [3.8, 4) is 5.75 Å². The van der Waals surface area contributed by atoms with Crippen molar-refractivity contribution in [3.05, 3.63) is 47.1 Å². The van der Waals surface area contributed by atoms with Crippen LogP contribution in [0, 0.1) is 5.92 Å². The minimum atomic E-state index is -0.490. The minimum absolute atomic E-state index is 0.101. The second-order valence-electron chi connectivity index (χ2n) is 5.22. The number of carbonyl (C=O) groups excluding carboxylic acids is 2. The highest BCUT2D eigenvalue weighted by atomic mass is 79.9. The van der Waals surface area contributed by atoms with Gasteiger partial charge in [0.15, 0.2) is 11.6 Å². The van der Waals surface area contributed by atoms with Gasteiger partial charge in [0.2, 0.25) is 11.8 Å². The maximum Gasteiger partial charge on any atom is 0.231 e. The molecule has 2 amide bonds. The van der Waals surface area contributed by atoms with Crippen LogP contribution in [0.2, 0.25) is 0 Å². The number of aromatic nitrogens is 1. The number of nitrogens with zero attached hydrogens (tertiary/aromatic N) is 2. The Morgan fingerprint density at radius 1 is 1.30 bits per heavy atom. The van der Waals surface area contributed by atoms with E-state index in [9.17, 15) is 14.7 Å². The van der Waals surface area contributed by atoms with Crippen LogP contribution in [-0.4, -0.2) is 28.4 Å². The van der Waals surface area contributed by atoms with Crippen molar-refractivity contribution in [3.63, 3.8) is 0 Å². The van der Waals surface area contributed by atoms with Crippen LogP contribution >= 0.6 is 15.9 Å². The summed E-state index contributed by atoms with van der Waals surface area (Å²) in [4.78, 5) is 30.0. The standard InChI is InChI=1S/C16H14BrN3O3/c17-11-4-1-2-5-12(11)20-9-10(8-14(20)22)16(23)19-15-13(21)6-3-7-18-15/h1-7,10,21H,8-9H2,(H,18,19,23)/t10-/m1/s1. The number of hydrogen-bond donors (Lipinski definition) is 2. The molecule has 1 aromatic carbocycles. The summed E-state index contributed by atoms with van der Waals surface area (Å²) in [6.45, 7) is 0.293. The highest BCUT2D eigenvalue weighted by Gasteiger charge is 2.36. The SMILES string of the molecule is O=C(Nc1ncccc1O)[C@@H]1CC(=O)N(c2ccccc2Br)C1. The topological polar surface area (TPSA) is 82.5 Å². The van der Waals surface area contributed by atoms with Crippen molar-refractivity contribution < 1.29 is 14.7 Å². The average Bonchev–Trinajstić information content (AvgIpc) is 2.92. The van der Waals surface area contributed by atoms with Gasteiger partial charge in [0, 0.05) is 23.6 Å². The van der Waals surface area contributed by atoms with Gasteiger partial charge in [-0.2, -0.15) is 0 Å². The Kier molecular flexibility index (Phi) is 4.29. The maximum atomic E-state index is 12.3. The van der Waals surface area contributed by atoms with Gasteiger partial charge >= 0.3 is 0 Å². The van der Waals surface area contributed by atoms with Crippen LogP contribution in [0.5, 0.6) is 5.75 Å². The van der Waals surface area contributed by atoms with Gasteiger partial charge in [0.05, 0.1) is 11.6 Å². The molecule has 0 bridgehead atoms. The van der Waals surface area contributed by atoms with E-state index < -0.39 is 5.92 Å². The van der Waals surface area contributed by atoms with Crippen LogP contribution in [0.1, 0.15) is 6.42 Å². The molecule has 0 aliphatic carbocycles. The summed E-state index contributed by atoms with van der Waals surface area (Å²) in [7, 11) is 0. The monoisotopic (exact) mass is 375 g/mol. The molecule has 118 valence electrons. The van der Waals surface area contributed by atoms with E-state index in [1.807, 2.05) is 24.3 Å². The van der Waals surface area contributed by atoms with E-state index in [0.29, 0.717) is 6.54 Å². The second-order valence-corrected chi connectivity index (χ2v) is 6.07. The molecule has 1 aromatic heterocycles. The number of amides is 2. The van der Waals surface area contributed by atoms with Crippen molar-refractivity contribution >= 4 is 39.2 Å². The van der Waals surface area contributed by atoms with E-state index in [1.165, 1.54) is 12.3 Å². The molecular formula is C16H14BrN3O3. The second kappa shape index (κ2) is 6.37. The smallest absolute Gasteiger partial charge is 0.231 e. The third kappa shape index (κ3) is 3.19. The largest absolute Gasteiger partial charge is 0.504 e. The molecule has 1 aliphatic heterocycles. The Hall–Kier alpha value is -2.41. The number of hydrogen-bond acceptors (Lipinski definition) is 4. The first-order chi connectivity index (χ1) is 11.1. The summed E-state index contributed by atoms with van der Waals surface area (Å²) in [6, 6.07) is 10.4. The molecule has 1 aliphatic rings. The Labute approximate surface area is 141 Å². The van der Waals surface area contributed by atoms with Crippen LogP contribution in [0.15, 0.2) is 47.1 Å². The molecular weight excluding hydrogens is 362 g/mol. The molecule has 2 aromatic rings. The van der Waals surface area contributed by atoms with Crippen LogP contribution < -0.4 is 10.2 Å². The average molecular weight is 376 g/mol. The zero-order valence-corrected chi connectivity index (χ0v) is 13.7. The van der Waals surface area contributed by atoms with Gasteiger partial charge < -0.3 is 15.3 Å². The Morgan fingerprint density at radius 3 is 2.83 bits per heavy atom. The van der Waals surface area contributed by atoms with Gasteiger partial charge in [0.1, 0.15) is 0 Å². The zero-order chi connectivity index (χ0) is 16.4. The summed E-state index contributed by atoms with van der Waals surface area (Å²) in [5, 5.41) is 12.2. The van der Waals surface area contributed by atoms with Gasteiger partial charge in [0.25, 0.3) is 0 Å². The van der Waals surface area contributed by atoms with Gasteiger partial charge in [-0.15, -0.1) is 0 Å². The molecule has 1 atom stereocenters. The molecule has 0 spiro atoms. The van der Waals surface area contributed by atoms with Crippen molar-refractivity contribution in [2.75, 3.05) is 16.8 Å². The Balaban J connectivity index is 1.74. The predicted octanol–water partition coefficient (Wildman–Crippen LogP) is 2.54. The maximum absolute atomic E-state index is 12.3. The lowest BCUT2D eigenvalue weighted by atomic mass is 10.1. The molecule has 1 fully saturated rings. The first-order valence-corrected chi connectivity index (χ1v) is 7.85. The first kappa shape index (κ1) is 15.5. The lowest BCUT2D eigenvalue weighted by molar-refractivity contribution is -0.122. The van der Waals surface area contributed by atoms with Crippen molar-refractivity contribution in [2.45, 2.75) is 6.42 Å². The summed E-state index contributed by atoms with van der Waals surface area (Å²) < 4.78 is 0.803. The van der Waals surface area contributed by atoms with Crippen molar-refractivity contribution in [2.24, 2.45) is 5.92 Å². The highest BCUT2D eigenvalue weighted by molar-refractivity contribution is 9.10. The normalized spacial score (nSPS) is 17.3.